The van der Waals surface area contributed by atoms with Crippen molar-refractivity contribution >= 4 is 0 Å². The molecule has 0 atom stereocenters. The fourth-order valence-electron chi connectivity index (χ4n) is 3.42. The molecule has 120 valence electrons. The first-order valence-electron chi connectivity index (χ1n) is 8.69. The molecule has 0 aliphatic carbocycles. The number of hydrogen-bond donors (Lipinski definition) is 1. The van der Waals surface area contributed by atoms with Gasteiger partial charge in [-0.25, -0.2) is 0 Å². The molecule has 0 aromatic rings. The smallest absolute Gasteiger partial charge is 0.0125 e. The highest BCUT2D eigenvalue weighted by Crippen LogP contribution is 2.22. The van der Waals surface area contributed by atoms with Gasteiger partial charge in [-0.3, -0.25) is 4.90 Å². The van der Waals surface area contributed by atoms with Crippen molar-refractivity contribution in [1.82, 2.24) is 10.2 Å². The van der Waals surface area contributed by atoms with Crippen LogP contribution >= 0.6 is 0 Å². The minimum Gasteiger partial charge on any atom is -0.311 e. The van der Waals surface area contributed by atoms with E-state index in [9.17, 15) is 0 Å². The molecule has 1 heterocycles. The third-order valence-electron chi connectivity index (χ3n) is 4.43. The summed E-state index contributed by atoms with van der Waals surface area (Å²) in [5.41, 5.74) is 0.334. The van der Waals surface area contributed by atoms with Crippen LogP contribution in [0, 0.1) is 11.8 Å². The minimum atomic E-state index is 0.334. The summed E-state index contributed by atoms with van der Waals surface area (Å²) in [7, 11) is 0. The van der Waals surface area contributed by atoms with Crippen LogP contribution in [0.4, 0.5) is 0 Å². The summed E-state index contributed by atoms with van der Waals surface area (Å²) in [4.78, 5) is 2.63. The van der Waals surface area contributed by atoms with Gasteiger partial charge in [-0.15, -0.1) is 0 Å². The molecule has 0 amide bonds. The zero-order valence-electron chi connectivity index (χ0n) is 15.0. The molecule has 1 fully saturated rings. The summed E-state index contributed by atoms with van der Waals surface area (Å²) in [5.74, 6) is 1.59. The maximum atomic E-state index is 3.96. The molecule has 2 nitrogen and oxygen atoms in total. The lowest BCUT2D eigenvalue weighted by molar-refractivity contribution is 0.0920. The first-order valence-corrected chi connectivity index (χ1v) is 8.69. The van der Waals surface area contributed by atoms with Crippen molar-refractivity contribution < 1.29 is 0 Å². The fraction of sp³-hybridized carbons (Fsp3) is 1.00. The minimum absolute atomic E-state index is 0.334. The van der Waals surface area contributed by atoms with Crippen LogP contribution in [0.3, 0.4) is 0 Å². The average Bonchev–Trinajstić information content (AvgIpc) is 2.26. The summed E-state index contributed by atoms with van der Waals surface area (Å²) < 4.78 is 0. The van der Waals surface area contributed by atoms with Gasteiger partial charge in [0.15, 0.2) is 0 Å². The van der Waals surface area contributed by atoms with Gasteiger partial charge in [-0.1, -0.05) is 27.7 Å². The molecule has 1 rings (SSSR count). The Bertz CT molecular complexity index is 247. The number of nitrogens with one attached hydrogen (secondary N) is 1. The van der Waals surface area contributed by atoms with Gasteiger partial charge in [0, 0.05) is 30.7 Å². The molecule has 2 heteroatoms. The van der Waals surface area contributed by atoms with Gasteiger partial charge in [0.05, 0.1) is 0 Å². The van der Waals surface area contributed by atoms with Gasteiger partial charge < -0.3 is 5.32 Å². The van der Waals surface area contributed by atoms with Crippen molar-refractivity contribution in [2.24, 2.45) is 11.8 Å². The highest BCUT2D eigenvalue weighted by atomic mass is 15.2. The van der Waals surface area contributed by atoms with E-state index in [0.29, 0.717) is 11.6 Å². The van der Waals surface area contributed by atoms with Gasteiger partial charge in [0.2, 0.25) is 0 Å². The molecule has 0 aromatic heterocycles. The van der Waals surface area contributed by atoms with E-state index in [0.717, 1.165) is 17.9 Å². The summed E-state index contributed by atoms with van der Waals surface area (Å²) in [6, 6.07) is 1.44. The van der Waals surface area contributed by atoms with Gasteiger partial charge in [0.25, 0.3) is 0 Å². The Morgan fingerprint density at radius 2 is 1.40 bits per heavy atom. The van der Waals surface area contributed by atoms with Crippen LogP contribution in [0.1, 0.15) is 74.1 Å². The Balaban J connectivity index is 2.42. The van der Waals surface area contributed by atoms with Crippen molar-refractivity contribution in [3.8, 4) is 0 Å². The van der Waals surface area contributed by atoms with Crippen LogP contribution in [0.5, 0.6) is 0 Å². The van der Waals surface area contributed by atoms with Crippen LogP contribution in [0.2, 0.25) is 0 Å². The summed E-state index contributed by atoms with van der Waals surface area (Å²) in [5, 5.41) is 3.96. The predicted octanol–water partition coefficient (Wildman–Crippen LogP) is 4.30. The van der Waals surface area contributed by atoms with Crippen LogP contribution in [0.25, 0.3) is 0 Å². The standard InChI is InChI=1S/C18H38N2/c1-14(2)12-17(13-15(3)4)19-16-8-10-20(11-9-16)18(5,6)7/h14-17,19H,8-13H2,1-7H3. The van der Waals surface area contributed by atoms with Crippen molar-refractivity contribution in [2.75, 3.05) is 13.1 Å². The Morgan fingerprint density at radius 1 is 0.950 bits per heavy atom. The molecule has 1 aliphatic rings. The van der Waals surface area contributed by atoms with Gasteiger partial charge in [-0.05, 0) is 58.3 Å². The highest BCUT2D eigenvalue weighted by molar-refractivity contribution is 4.86. The average molecular weight is 283 g/mol. The first-order chi connectivity index (χ1) is 9.18. The van der Waals surface area contributed by atoms with Crippen molar-refractivity contribution in [3.05, 3.63) is 0 Å². The van der Waals surface area contributed by atoms with Crippen LogP contribution in [-0.4, -0.2) is 35.6 Å². The number of nitrogens with zero attached hydrogens (tertiary/aromatic N) is 1. The van der Waals surface area contributed by atoms with E-state index in [4.69, 9.17) is 0 Å². The molecule has 0 spiro atoms. The number of piperidine rings is 1. The van der Waals surface area contributed by atoms with E-state index in [-0.39, 0.29) is 0 Å². The van der Waals surface area contributed by atoms with Gasteiger partial charge in [-0.2, -0.15) is 0 Å². The molecular weight excluding hydrogens is 244 g/mol. The summed E-state index contributed by atoms with van der Waals surface area (Å²) >= 11 is 0. The second-order valence-electron chi connectivity index (χ2n) is 8.55. The Hall–Kier alpha value is -0.0800. The molecule has 0 bridgehead atoms. The second-order valence-corrected chi connectivity index (χ2v) is 8.55. The number of hydrogen-bond acceptors (Lipinski definition) is 2. The predicted molar refractivity (Wildman–Crippen MR) is 90.2 cm³/mol. The van der Waals surface area contributed by atoms with E-state index < -0.39 is 0 Å². The lowest BCUT2D eigenvalue weighted by Crippen LogP contribution is -2.51. The van der Waals surface area contributed by atoms with E-state index in [1.165, 1.54) is 38.8 Å². The SMILES string of the molecule is CC(C)CC(CC(C)C)NC1CCN(C(C)(C)C)CC1. The lowest BCUT2D eigenvalue weighted by Gasteiger charge is -2.42. The largest absolute Gasteiger partial charge is 0.311 e. The lowest BCUT2D eigenvalue weighted by atomic mass is 9.92. The Labute approximate surface area is 127 Å². The van der Waals surface area contributed by atoms with Gasteiger partial charge in [0.1, 0.15) is 0 Å². The quantitative estimate of drug-likeness (QED) is 0.781. The highest BCUT2D eigenvalue weighted by Gasteiger charge is 2.28. The fourth-order valence-corrected chi connectivity index (χ4v) is 3.42. The molecule has 0 radical (unpaired) electrons. The Kier molecular flexibility index (Phi) is 7.00. The van der Waals surface area contributed by atoms with E-state index in [2.05, 4.69) is 58.7 Å². The maximum absolute atomic E-state index is 3.96. The molecule has 0 saturated carbocycles. The molecule has 0 unspecified atom stereocenters. The number of rotatable bonds is 6. The van der Waals surface area contributed by atoms with Crippen LogP contribution in [-0.2, 0) is 0 Å². The van der Waals surface area contributed by atoms with Crippen molar-refractivity contribution in [1.29, 1.82) is 0 Å². The molecule has 20 heavy (non-hydrogen) atoms. The van der Waals surface area contributed by atoms with Crippen LogP contribution in [0.15, 0.2) is 0 Å². The maximum Gasteiger partial charge on any atom is 0.0125 e. The second kappa shape index (κ2) is 7.79. The molecule has 0 aromatic carbocycles. The summed E-state index contributed by atoms with van der Waals surface area (Å²) in [6.07, 6.45) is 5.25. The first kappa shape index (κ1) is 18.0. The summed E-state index contributed by atoms with van der Waals surface area (Å²) in [6.45, 7) is 18.9. The third kappa shape index (κ3) is 6.58. The van der Waals surface area contributed by atoms with E-state index in [1.54, 1.807) is 0 Å². The normalized spacial score (nSPS) is 19.5. The van der Waals surface area contributed by atoms with Crippen molar-refractivity contribution in [3.63, 3.8) is 0 Å². The zero-order chi connectivity index (χ0) is 15.3. The zero-order valence-corrected chi connectivity index (χ0v) is 15.0. The Morgan fingerprint density at radius 3 is 1.75 bits per heavy atom. The van der Waals surface area contributed by atoms with Crippen LogP contribution < -0.4 is 5.32 Å². The molecule has 1 N–H and O–H groups in total. The molecular formula is C18H38N2. The molecule has 1 aliphatic heterocycles. The van der Waals surface area contributed by atoms with E-state index in [1.807, 2.05) is 0 Å². The van der Waals surface area contributed by atoms with Crippen molar-refractivity contribution in [2.45, 2.75) is 91.8 Å². The molecule has 1 saturated heterocycles. The van der Waals surface area contributed by atoms with Gasteiger partial charge >= 0.3 is 0 Å². The topological polar surface area (TPSA) is 15.3 Å². The third-order valence-corrected chi connectivity index (χ3v) is 4.43. The number of likely N-dealkylation sites (tertiary alicyclic amines) is 1. The monoisotopic (exact) mass is 282 g/mol. The van der Waals surface area contributed by atoms with E-state index >= 15 is 0 Å².